The fourth-order valence-corrected chi connectivity index (χ4v) is 2.87. The molecule has 8 heteroatoms. The minimum Gasteiger partial charge on any atom is -0.375 e. The van der Waals surface area contributed by atoms with Crippen LogP contribution in [0, 0.1) is 0 Å². The molecule has 96 valence electrons. The van der Waals surface area contributed by atoms with Crippen LogP contribution >= 0.6 is 11.3 Å². The zero-order valence-corrected chi connectivity index (χ0v) is 10.4. The van der Waals surface area contributed by atoms with E-state index in [1.165, 1.54) is 11.3 Å². The minimum absolute atomic E-state index is 0.0370. The second-order valence-corrected chi connectivity index (χ2v) is 5.25. The molecule has 3 amide bonds. The predicted molar refractivity (Wildman–Crippen MR) is 66.3 cm³/mol. The summed E-state index contributed by atoms with van der Waals surface area (Å²) in [6.45, 7) is 2.26. The summed E-state index contributed by atoms with van der Waals surface area (Å²) >= 11 is 1.26. The number of thiazole rings is 1. The van der Waals surface area contributed by atoms with Crippen LogP contribution < -0.4 is 11.1 Å². The van der Waals surface area contributed by atoms with E-state index in [1.807, 2.05) is 0 Å². The van der Waals surface area contributed by atoms with Crippen molar-refractivity contribution in [2.45, 2.75) is 6.04 Å². The molecular formula is C10H13N5O2S. The lowest BCUT2D eigenvalue weighted by Crippen LogP contribution is -2.53. The maximum Gasteiger partial charge on any atom is 0.317 e. The third kappa shape index (κ3) is 1.78. The molecule has 3 rings (SSSR count). The van der Waals surface area contributed by atoms with Crippen molar-refractivity contribution < 1.29 is 9.59 Å². The van der Waals surface area contributed by atoms with E-state index in [0.29, 0.717) is 37.0 Å². The van der Waals surface area contributed by atoms with Crippen LogP contribution in [0.4, 0.5) is 9.93 Å². The fraction of sp³-hybridized carbons (Fsp3) is 0.500. The minimum atomic E-state index is -0.109. The monoisotopic (exact) mass is 267 g/mol. The van der Waals surface area contributed by atoms with Crippen LogP contribution in [0.3, 0.4) is 0 Å². The van der Waals surface area contributed by atoms with Gasteiger partial charge in [-0.3, -0.25) is 4.79 Å². The van der Waals surface area contributed by atoms with Gasteiger partial charge in [-0.25, -0.2) is 9.78 Å². The number of fused-ring (bicyclic) bond motifs is 1. The summed E-state index contributed by atoms with van der Waals surface area (Å²) in [5, 5.41) is 4.85. The first-order chi connectivity index (χ1) is 8.65. The summed E-state index contributed by atoms with van der Waals surface area (Å²) in [7, 11) is 0. The number of carbonyl (C=O) groups is 2. The molecular weight excluding hydrogens is 254 g/mol. The summed E-state index contributed by atoms with van der Waals surface area (Å²) in [6.07, 6.45) is 0. The molecule has 0 aliphatic carbocycles. The van der Waals surface area contributed by atoms with E-state index in [-0.39, 0.29) is 18.0 Å². The first-order valence-electron chi connectivity index (χ1n) is 5.70. The molecule has 1 aromatic heterocycles. The first-order valence-corrected chi connectivity index (χ1v) is 6.58. The quantitative estimate of drug-likeness (QED) is 0.722. The van der Waals surface area contributed by atoms with E-state index < -0.39 is 0 Å². The molecule has 1 aromatic rings. The summed E-state index contributed by atoms with van der Waals surface area (Å²) in [5.74, 6) is -0.109. The van der Waals surface area contributed by atoms with Crippen molar-refractivity contribution in [3.63, 3.8) is 0 Å². The third-order valence-corrected chi connectivity index (χ3v) is 3.93. The van der Waals surface area contributed by atoms with Gasteiger partial charge in [0.2, 0.25) is 0 Å². The molecule has 1 atom stereocenters. The smallest absolute Gasteiger partial charge is 0.317 e. The number of nitrogens with one attached hydrogen (secondary N) is 1. The molecule has 2 aliphatic rings. The Bertz CT molecular complexity index is 502. The maximum absolute atomic E-state index is 12.2. The molecule has 0 saturated carbocycles. The van der Waals surface area contributed by atoms with Gasteiger partial charge >= 0.3 is 6.03 Å². The molecule has 0 bridgehead atoms. The third-order valence-electron chi connectivity index (χ3n) is 3.26. The fourth-order valence-electron chi connectivity index (χ4n) is 2.34. The highest BCUT2D eigenvalue weighted by molar-refractivity contribution is 7.13. The Morgan fingerprint density at radius 1 is 1.56 bits per heavy atom. The lowest BCUT2D eigenvalue weighted by Gasteiger charge is -2.36. The van der Waals surface area contributed by atoms with Gasteiger partial charge in [0.15, 0.2) is 5.13 Å². The number of piperazine rings is 1. The number of nitrogens with zero attached hydrogens (tertiary/aromatic N) is 3. The van der Waals surface area contributed by atoms with E-state index >= 15 is 0 Å². The van der Waals surface area contributed by atoms with Crippen LogP contribution in [0.1, 0.15) is 10.5 Å². The van der Waals surface area contributed by atoms with Crippen molar-refractivity contribution in [2.24, 2.45) is 0 Å². The van der Waals surface area contributed by atoms with Gasteiger partial charge < -0.3 is 20.9 Å². The number of aromatic nitrogens is 1. The Balaban J connectivity index is 1.71. The lowest BCUT2D eigenvalue weighted by atomic mass is 10.2. The van der Waals surface area contributed by atoms with Crippen molar-refractivity contribution in [3.8, 4) is 0 Å². The molecule has 2 aliphatic heterocycles. The average molecular weight is 267 g/mol. The van der Waals surface area contributed by atoms with Crippen LogP contribution in [0.25, 0.3) is 0 Å². The SMILES string of the molecule is Nc1nc(C(=O)N2CCN3C(=O)NCC3C2)cs1. The standard InChI is InChI=1S/C10H13N5O2S/c11-9-13-7(5-18-9)8(16)14-1-2-15-6(4-14)3-12-10(15)17/h5-6H,1-4H2,(H2,11,13)(H,12,17). The highest BCUT2D eigenvalue weighted by atomic mass is 32.1. The number of carbonyl (C=O) groups excluding carboxylic acids is 2. The molecule has 0 spiro atoms. The Morgan fingerprint density at radius 3 is 3.11 bits per heavy atom. The maximum atomic E-state index is 12.2. The van der Waals surface area contributed by atoms with Gasteiger partial charge in [0.05, 0.1) is 6.04 Å². The molecule has 0 aromatic carbocycles. The Morgan fingerprint density at radius 2 is 2.39 bits per heavy atom. The van der Waals surface area contributed by atoms with Crippen molar-refractivity contribution in [1.82, 2.24) is 20.1 Å². The number of hydrogen-bond acceptors (Lipinski definition) is 5. The Hall–Kier alpha value is -1.83. The van der Waals surface area contributed by atoms with Crippen LogP contribution in [0.5, 0.6) is 0 Å². The summed E-state index contributed by atoms with van der Waals surface area (Å²) < 4.78 is 0. The zero-order valence-electron chi connectivity index (χ0n) is 9.63. The van der Waals surface area contributed by atoms with E-state index in [0.717, 1.165) is 0 Å². The zero-order chi connectivity index (χ0) is 12.7. The van der Waals surface area contributed by atoms with Gasteiger partial charge in [0.1, 0.15) is 5.69 Å². The molecule has 2 fully saturated rings. The molecule has 1 unspecified atom stereocenters. The normalized spacial score (nSPS) is 22.9. The molecule has 3 N–H and O–H groups in total. The highest BCUT2D eigenvalue weighted by Gasteiger charge is 2.37. The number of urea groups is 1. The van der Waals surface area contributed by atoms with E-state index in [1.54, 1.807) is 15.2 Å². The van der Waals surface area contributed by atoms with Gasteiger partial charge in [0, 0.05) is 31.6 Å². The van der Waals surface area contributed by atoms with E-state index in [9.17, 15) is 9.59 Å². The van der Waals surface area contributed by atoms with Crippen molar-refractivity contribution in [2.75, 3.05) is 31.9 Å². The lowest BCUT2D eigenvalue weighted by molar-refractivity contribution is 0.0612. The second-order valence-electron chi connectivity index (χ2n) is 4.36. The Labute approximate surface area is 108 Å². The molecule has 2 saturated heterocycles. The predicted octanol–water partition coefficient (Wildman–Crippen LogP) is -0.425. The second kappa shape index (κ2) is 4.13. The van der Waals surface area contributed by atoms with E-state index in [4.69, 9.17) is 5.73 Å². The van der Waals surface area contributed by atoms with E-state index in [2.05, 4.69) is 10.3 Å². The summed E-state index contributed by atoms with van der Waals surface area (Å²) in [5.41, 5.74) is 5.92. The summed E-state index contributed by atoms with van der Waals surface area (Å²) in [6, 6.07) is 0.0381. The number of hydrogen-bond donors (Lipinski definition) is 2. The molecule has 3 heterocycles. The molecule has 7 nitrogen and oxygen atoms in total. The topological polar surface area (TPSA) is 91.6 Å². The number of nitrogens with two attached hydrogens (primary N) is 1. The first kappa shape index (κ1) is 11.3. The van der Waals surface area contributed by atoms with Crippen LogP contribution in [-0.4, -0.2) is 58.9 Å². The number of anilines is 1. The highest BCUT2D eigenvalue weighted by Crippen LogP contribution is 2.18. The van der Waals surface area contributed by atoms with Gasteiger partial charge in [0.25, 0.3) is 5.91 Å². The van der Waals surface area contributed by atoms with Gasteiger partial charge in [-0.05, 0) is 0 Å². The van der Waals surface area contributed by atoms with Crippen molar-refractivity contribution >= 4 is 28.4 Å². The number of amides is 3. The van der Waals surface area contributed by atoms with Gasteiger partial charge in [-0.1, -0.05) is 0 Å². The van der Waals surface area contributed by atoms with Crippen LogP contribution in [-0.2, 0) is 0 Å². The summed E-state index contributed by atoms with van der Waals surface area (Å²) in [4.78, 5) is 31.1. The Kier molecular flexibility index (Phi) is 2.58. The van der Waals surface area contributed by atoms with Crippen LogP contribution in [0.2, 0.25) is 0 Å². The average Bonchev–Trinajstić information content (AvgIpc) is 2.95. The van der Waals surface area contributed by atoms with Gasteiger partial charge in [-0.2, -0.15) is 0 Å². The number of nitrogen functional groups attached to an aromatic ring is 1. The van der Waals surface area contributed by atoms with Crippen molar-refractivity contribution in [3.05, 3.63) is 11.1 Å². The molecule has 18 heavy (non-hydrogen) atoms. The largest absolute Gasteiger partial charge is 0.375 e. The number of rotatable bonds is 1. The van der Waals surface area contributed by atoms with Gasteiger partial charge in [-0.15, -0.1) is 11.3 Å². The molecule has 0 radical (unpaired) electrons. The van der Waals surface area contributed by atoms with Crippen molar-refractivity contribution in [1.29, 1.82) is 0 Å². The van der Waals surface area contributed by atoms with Crippen LogP contribution in [0.15, 0.2) is 5.38 Å².